The smallest absolute Gasteiger partial charge is 0.321 e. The van der Waals surface area contributed by atoms with Crippen LogP contribution >= 0.6 is 0 Å². The number of nitrogens with zero attached hydrogens (tertiary/aromatic N) is 1. The Kier molecular flexibility index (Phi) is 4.33. The molecule has 0 aromatic heterocycles. The number of carboxylic acid groups (broad SMARTS) is 1. The maximum Gasteiger partial charge on any atom is 0.321 e. The first-order valence-electron chi connectivity index (χ1n) is 5.96. The van der Waals surface area contributed by atoms with E-state index in [2.05, 4.69) is 0 Å². The van der Waals surface area contributed by atoms with Gasteiger partial charge in [-0.2, -0.15) is 0 Å². The number of likely N-dealkylation sites (tertiary alicyclic amines) is 1. The van der Waals surface area contributed by atoms with Crippen molar-refractivity contribution >= 4 is 5.97 Å². The highest BCUT2D eigenvalue weighted by molar-refractivity contribution is 5.74. The Hall–Kier alpha value is -0.610. The maximum atomic E-state index is 11.3. The van der Waals surface area contributed by atoms with Gasteiger partial charge in [0.2, 0.25) is 0 Å². The van der Waals surface area contributed by atoms with Crippen molar-refractivity contribution in [3.63, 3.8) is 0 Å². The summed E-state index contributed by atoms with van der Waals surface area (Å²) in [6.07, 6.45) is 1.99. The summed E-state index contributed by atoms with van der Waals surface area (Å²) in [6, 6.07) is -0.421. The second-order valence-corrected chi connectivity index (χ2v) is 5.62. The summed E-state index contributed by atoms with van der Waals surface area (Å²) in [7, 11) is 0. The van der Waals surface area contributed by atoms with Crippen LogP contribution < -0.4 is 0 Å². The summed E-state index contributed by atoms with van der Waals surface area (Å²) in [4.78, 5) is 13.4. The Morgan fingerprint density at radius 3 is 2.69 bits per heavy atom. The molecule has 16 heavy (non-hydrogen) atoms. The zero-order valence-corrected chi connectivity index (χ0v) is 10.4. The third-order valence-electron chi connectivity index (χ3n) is 3.46. The van der Waals surface area contributed by atoms with Gasteiger partial charge in [0.25, 0.3) is 0 Å². The summed E-state index contributed by atoms with van der Waals surface area (Å²) in [5.41, 5.74) is -0.181. The van der Waals surface area contributed by atoms with Gasteiger partial charge in [0, 0.05) is 13.2 Å². The van der Waals surface area contributed by atoms with Crippen LogP contribution in [-0.4, -0.2) is 46.8 Å². The van der Waals surface area contributed by atoms with Crippen LogP contribution in [0.3, 0.4) is 0 Å². The maximum absolute atomic E-state index is 11.3. The second-order valence-electron chi connectivity index (χ2n) is 5.62. The topological polar surface area (TPSA) is 60.8 Å². The molecule has 4 heteroatoms. The lowest BCUT2D eigenvalue weighted by atomic mass is 9.76. The van der Waals surface area contributed by atoms with Crippen LogP contribution in [0.25, 0.3) is 0 Å². The minimum atomic E-state index is -0.741. The molecule has 0 saturated carbocycles. The van der Waals surface area contributed by atoms with E-state index in [1.165, 1.54) is 0 Å². The average Bonchev–Trinajstić information content (AvgIpc) is 2.15. The fraction of sp³-hybridized carbons (Fsp3) is 0.917. The monoisotopic (exact) mass is 229 g/mol. The molecule has 4 nitrogen and oxygen atoms in total. The van der Waals surface area contributed by atoms with Crippen LogP contribution in [-0.2, 0) is 4.79 Å². The number of aliphatic hydroxyl groups is 1. The third kappa shape index (κ3) is 2.95. The first kappa shape index (κ1) is 13.5. The predicted molar refractivity (Wildman–Crippen MR) is 62.3 cm³/mol. The van der Waals surface area contributed by atoms with Crippen LogP contribution in [0.2, 0.25) is 0 Å². The highest BCUT2D eigenvalue weighted by Crippen LogP contribution is 2.35. The average molecular weight is 229 g/mol. The molecule has 0 aromatic rings. The van der Waals surface area contributed by atoms with Gasteiger partial charge in [0.05, 0.1) is 0 Å². The van der Waals surface area contributed by atoms with E-state index in [0.29, 0.717) is 6.54 Å². The van der Waals surface area contributed by atoms with Crippen LogP contribution in [0.5, 0.6) is 0 Å². The van der Waals surface area contributed by atoms with Gasteiger partial charge < -0.3 is 10.2 Å². The van der Waals surface area contributed by atoms with E-state index in [0.717, 1.165) is 19.4 Å². The molecule has 1 aliphatic heterocycles. The molecule has 2 unspecified atom stereocenters. The van der Waals surface area contributed by atoms with Gasteiger partial charge in [-0.15, -0.1) is 0 Å². The lowest BCUT2D eigenvalue weighted by molar-refractivity contribution is -0.151. The van der Waals surface area contributed by atoms with Crippen LogP contribution in [0.1, 0.15) is 33.6 Å². The molecular formula is C12H23NO3. The number of piperidine rings is 1. The fourth-order valence-electron chi connectivity index (χ4n) is 2.64. The van der Waals surface area contributed by atoms with E-state index < -0.39 is 12.0 Å². The first-order chi connectivity index (χ1) is 7.38. The third-order valence-corrected chi connectivity index (χ3v) is 3.46. The van der Waals surface area contributed by atoms with E-state index in [-0.39, 0.29) is 17.9 Å². The van der Waals surface area contributed by atoms with Gasteiger partial charge >= 0.3 is 5.97 Å². The number of aliphatic hydroxyl groups excluding tert-OH is 1. The van der Waals surface area contributed by atoms with Crippen molar-refractivity contribution in [1.82, 2.24) is 4.90 Å². The van der Waals surface area contributed by atoms with Gasteiger partial charge in [-0.3, -0.25) is 9.69 Å². The number of hydrogen-bond acceptors (Lipinski definition) is 3. The minimum Gasteiger partial charge on any atom is -0.480 e. The van der Waals surface area contributed by atoms with Crippen molar-refractivity contribution in [1.29, 1.82) is 0 Å². The molecule has 1 aliphatic rings. The van der Waals surface area contributed by atoms with E-state index in [1.807, 2.05) is 25.7 Å². The van der Waals surface area contributed by atoms with E-state index >= 15 is 0 Å². The van der Waals surface area contributed by atoms with Crippen LogP contribution in [0.15, 0.2) is 0 Å². The van der Waals surface area contributed by atoms with Crippen molar-refractivity contribution < 1.29 is 15.0 Å². The number of rotatable bonds is 4. The molecule has 2 atom stereocenters. The highest BCUT2D eigenvalue weighted by Gasteiger charge is 2.42. The zero-order chi connectivity index (χ0) is 12.3. The number of carboxylic acids is 1. The highest BCUT2D eigenvalue weighted by atomic mass is 16.4. The summed E-state index contributed by atoms with van der Waals surface area (Å²) < 4.78 is 0. The molecule has 0 aliphatic carbocycles. The van der Waals surface area contributed by atoms with Crippen molar-refractivity contribution in [2.75, 3.05) is 19.7 Å². The molecule has 1 saturated heterocycles. The molecule has 0 bridgehead atoms. The standard InChI is InChI=1S/C12H23NO3/c1-9(8-14)7-13-6-4-5-12(2,3)10(13)11(15)16/h9-10,14H,4-8H2,1-3H3,(H,15,16). The molecule has 0 amide bonds. The summed E-state index contributed by atoms with van der Waals surface area (Å²) in [5.74, 6) is -0.606. The van der Waals surface area contributed by atoms with Crippen LogP contribution in [0.4, 0.5) is 0 Å². The lowest BCUT2D eigenvalue weighted by Crippen LogP contribution is -2.55. The Morgan fingerprint density at radius 2 is 2.19 bits per heavy atom. The largest absolute Gasteiger partial charge is 0.480 e. The minimum absolute atomic E-state index is 0.114. The van der Waals surface area contributed by atoms with Crippen LogP contribution in [0, 0.1) is 11.3 Å². The molecule has 1 rings (SSSR count). The van der Waals surface area contributed by atoms with E-state index in [4.69, 9.17) is 5.11 Å². The Bertz CT molecular complexity index is 253. The van der Waals surface area contributed by atoms with E-state index in [1.54, 1.807) is 0 Å². The van der Waals surface area contributed by atoms with Crippen molar-refractivity contribution in [2.24, 2.45) is 11.3 Å². The summed E-state index contributed by atoms with van der Waals surface area (Å²) in [6.45, 7) is 7.58. The SMILES string of the molecule is CC(CO)CN1CCCC(C)(C)C1C(=O)O. The molecule has 0 spiro atoms. The van der Waals surface area contributed by atoms with Crippen molar-refractivity contribution in [3.8, 4) is 0 Å². The summed E-state index contributed by atoms with van der Waals surface area (Å²) in [5, 5.41) is 18.4. The van der Waals surface area contributed by atoms with Gasteiger partial charge in [-0.05, 0) is 30.7 Å². The van der Waals surface area contributed by atoms with Gasteiger partial charge in [-0.1, -0.05) is 20.8 Å². The zero-order valence-electron chi connectivity index (χ0n) is 10.4. The summed E-state index contributed by atoms with van der Waals surface area (Å²) >= 11 is 0. The van der Waals surface area contributed by atoms with Gasteiger partial charge in [-0.25, -0.2) is 0 Å². The van der Waals surface area contributed by atoms with Gasteiger partial charge in [0.1, 0.15) is 6.04 Å². The molecule has 94 valence electrons. The van der Waals surface area contributed by atoms with E-state index in [9.17, 15) is 9.90 Å². The number of carbonyl (C=O) groups is 1. The Labute approximate surface area is 97.3 Å². The fourth-order valence-corrected chi connectivity index (χ4v) is 2.64. The molecule has 0 radical (unpaired) electrons. The number of hydrogen-bond donors (Lipinski definition) is 2. The normalized spacial score (nSPS) is 27.6. The quantitative estimate of drug-likeness (QED) is 0.760. The molecule has 1 heterocycles. The predicted octanol–water partition coefficient (Wildman–Crippen LogP) is 1.19. The number of aliphatic carboxylic acids is 1. The second kappa shape index (κ2) is 5.15. The van der Waals surface area contributed by atoms with Gasteiger partial charge in [0.15, 0.2) is 0 Å². The van der Waals surface area contributed by atoms with Crippen molar-refractivity contribution in [3.05, 3.63) is 0 Å². The first-order valence-corrected chi connectivity index (χ1v) is 5.96. The lowest BCUT2D eigenvalue weighted by Gasteiger charge is -2.44. The Morgan fingerprint density at radius 1 is 1.56 bits per heavy atom. The van der Waals surface area contributed by atoms with Crippen molar-refractivity contribution in [2.45, 2.75) is 39.7 Å². The Balaban J connectivity index is 2.77. The molecule has 0 aromatic carbocycles. The molecule has 2 N–H and O–H groups in total. The molecule has 1 fully saturated rings. The molecular weight excluding hydrogens is 206 g/mol.